The van der Waals surface area contributed by atoms with Crippen LogP contribution in [0.15, 0.2) is 48.8 Å². The first-order valence-electron chi connectivity index (χ1n) is 6.48. The maximum absolute atomic E-state index is 8.70. The maximum atomic E-state index is 8.70. The van der Waals surface area contributed by atoms with Crippen molar-refractivity contribution in [3.8, 4) is 11.8 Å². The summed E-state index contributed by atoms with van der Waals surface area (Å²) in [7, 11) is 0. The summed E-state index contributed by atoms with van der Waals surface area (Å²) in [5, 5.41) is 8.70. The van der Waals surface area contributed by atoms with E-state index in [2.05, 4.69) is 17.1 Å². The molecule has 2 aromatic rings. The molecule has 3 nitrogen and oxygen atoms in total. The Bertz CT molecular complexity index is 549. The van der Waals surface area contributed by atoms with Gasteiger partial charge in [0.05, 0.1) is 18.2 Å². The van der Waals surface area contributed by atoms with Crippen LogP contribution in [0, 0.1) is 11.3 Å². The van der Waals surface area contributed by atoms with Crippen LogP contribution in [0.1, 0.15) is 17.5 Å². The van der Waals surface area contributed by atoms with Crippen molar-refractivity contribution in [2.24, 2.45) is 0 Å². The molecule has 0 bridgehead atoms. The predicted molar refractivity (Wildman–Crippen MR) is 81.7 cm³/mol. The normalized spacial score (nSPS) is 9.95. The van der Waals surface area contributed by atoms with Crippen molar-refractivity contribution in [2.45, 2.75) is 12.2 Å². The van der Waals surface area contributed by atoms with Crippen molar-refractivity contribution in [2.75, 3.05) is 12.4 Å². The fourth-order valence-corrected chi connectivity index (χ4v) is 2.52. The highest BCUT2D eigenvalue weighted by Crippen LogP contribution is 2.14. The molecule has 0 saturated heterocycles. The van der Waals surface area contributed by atoms with Gasteiger partial charge in [0.2, 0.25) is 0 Å². The zero-order valence-corrected chi connectivity index (χ0v) is 12.0. The number of hydrogen-bond donors (Lipinski definition) is 0. The van der Waals surface area contributed by atoms with Gasteiger partial charge in [-0.25, -0.2) is 0 Å². The SMILES string of the molecule is N#Cc1ccc(OCCCSCc2cccnc2)cc1. The predicted octanol–water partition coefficient (Wildman–Crippen LogP) is 3.66. The van der Waals surface area contributed by atoms with E-state index in [1.54, 1.807) is 18.3 Å². The first-order chi connectivity index (χ1) is 9.88. The highest BCUT2D eigenvalue weighted by molar-refractivity contribution is 7.98. The summed E-state index contributed by atoms with van der Waals surface area (Å²) in [6, 6.07) is 13.4. The molecule has 0 aliphatic heterocycles. The summed E-state index contributed by atoms with van der Waals surface area (Å²) < 4.78 is 5.62. The minimum atomic E-state index is 0.657. The fourth-order valence-electron chi connectivity index (χ4n) is 1.65. The van der Waals surface area contributed by atoms with Gasteiger partial charge in [-0.05, 0) is 48.1 Å². The van der Waals surface area contributed by atoms with Crippen LogP contribution in [0.5, 0.6) is 5.75 Å². The first-order valence-corrected chi connectivity index (χ1v) is 7.63. The van der Waals surface area contributed by atoms with E-state index < -0.39 is 0 Å². The second-order valence-corrected chi connectivity index (χ2v) is 5.36. The van der Waals surface area contributed by atoms with E-state index in [0.717, 1.165) is 23.7 Å². The summed E-state index contributed by atoms with van der Waals surface area (Å²) >= 11 is 1.88. The summed E-state index contributed by atoms with van der Waals surface area (Å²) in [4.78, 5) is 4.09. The van der Waals surface area contributed by atoms with Crippen molar-refractivity contribution in [3.63, 3.8) is 0 Å². The number of hydrogen-bond acceptors (Lipinski definition) is 4. The van der Waals surface area contributed by atoms with Gasteiger partial charge in [0, 0.05) is 18.1 Å². The van der Waals surface area contributed by atoms with Crippen LogP contribution in [0.2, 0.25) is 0 Å². The van der Waals surface area contributed by atoms with Gasteiger partial charge in [0.25, 0.3) is 0 Å². The van der Waals surface area contributed by atoms with Gasteiger partial charge in [-0.15, -0.1) is 0 Å². The number of ether oxygens (including phenoxy) is 1. The lowest BCUT2D eigenvalue weighted by Gasteiger charge is -2.06. The van der Waals surface area contributed by atoms with Gasteiger partial charge < -0.3 is 4.74 Å². The van der Waals surface area contributed by atoms with Gasteiger partial charge in [0.1, 0.15) is 5.75 Å². The fraction of sp³-hybridized carbons (Fsp3) is 0.250. The van der Waals surface area contributed by atoms with Crippen molar-refractivity contribution >= 4 is 11.8 Å². The Morgan fingerprint density at radius 3 is 2.75 bits per heavy atom. The van der Waals surface area contributed by atoms with Crippen LogP contribution in [-0.4, -0.2) is 17.3 Å². The molecule has 4 heteroatoms. The monoisotopic (exact) mass is 284 g/mol. The van der Waals surface area contributed by atoms with E-state index >= 15 is 0 Å². The van der Waals surface area contributed by atoms with Crippen molar-refractivity contribution in [1.82, 2.24) is 4.98 Å². The Balaban J connectivity index is 1.58. The molecule has 0 aliphatic carbocycles. The number of rotatable bonds is 7. The van der Waals surface area contributed by atoms with E-state index in [0.29, 0.717) is 12.2 Å². The highest BCUT2D eigenvalue weighted by Gasteiger charge is 1.96. The smallest absolute Gasteiger partial charge is 0.119 e. The molecule has 0 amide bonds. The molecule has 2 rings (SSSR count). The van der Waals surface area contributed by atoms with Gasteiger partial charge in [0.15, 0.2) is 0 Å². The Morgan fingerprint density at radius 1 is 1.20 bits per heavy atom. The molecule has 0 radical (unpaired) electrons. The molecule has 0 aliphatic rings. The summed E-state index contributed by atoms with van der Waals surface area (Å²) in [6.45, 7) is 0.700. The van der Waals surface area contributed by atoms with Crippen LogP contribution in [0.4, 0.5) is 0 Å². The zero-order valence-electron chi connectivity index (χ0n) is 11.2. The topological polar surface area (TPSA) is 45.9 Å². The lowest BCUT2D eigenvalue weighted by Crippen LogP contribution is -1.98. The van der Waals surface area contributed by atoms with Crippen LogP contribution >= 0.6 is 11.8 Å². The first kappa shape index (κ1) is 14.4. The Hall–Kier alpha value is -1.99. The van der Waals surface area contributed by atoms with Crippen LogP contribution < -0.4 is 4.74 Å². The molecule has 102 valence electrons. The third-order valence-corrected chi connectivity index (χ3v) is 3.79. The van der Waals surface area contributed by atoms with Gasteiger partial charge >= 0.3 is 0 Å². The number of aromatic nitrogens is 1. The average Bonchev–Trinajstić information content (AvgIpc) is 2.52. The highest BCUT2D eigenvalue weighted by atomic mass is 32.2. The van der Waals surface area contributed by atoms with E-state index in [-0.39, 0.29) is 0 Å². The minimum Gasteiger partial charge on any atom is -0.494 e. The van der Waals surface area contributed by atoms with Gasteiger partial charge in [-0.3, -0.25) is 4.98 Å². The summed E-state index contributed by atoms with van der Waals surface area (Å²) in [5.41, 5.74) is 1.91. The number of nitriles is 1. The molecule has 0 spiro atoms. The quantitative estimate of drug-likeness (QED) is 0.728. The molecule has 0 unspecified atom stereocenters. The number of nitrogens with zero attached hydrogens (tertiary/aromatic N) is 2. The van der Waals surface area contributed by atoms with Crippen molar-refractivity contribution < 1.29 is 4.74 Å². The summed E-state index contributed by atoms with van der Waals surface area (Å²) in [5.74, 6) is 2.87. The third kappa shape index (κ3) is 4.94. The van der Waals surface area contributed by atoms with Gasteiger partial charge in [-0.2, -0.15) is 17.0 Å². The van der Waals surface area contributed by atoms with Crippen LogP contribution in [-0.2, 0) is 5.75 Å². The molecule has 1 heterocycles. The molecule has 1 aromatic heterocycles. The molecule has 0 fully saturated rings. The number of thioether (sulfide) groups is 1. The van der Waals surface area contributed by atoms with E-state index in [4.69, 9.17) is 10.00 Å². The average molecular weight is 284 g/mol. The number of benzene rings is 1. The van der Waals surface area contributed by atoms with E-state index in [1.165, 1.54) is 5.56 Å². The molecular formula is C16H16N2OS. The van der Waals surface area contributed by atoms with Crippen LogP contribution in [0.25, 0.3) is 0 Å². The Labute approximate surface area is 123 Å². The second-order valence-electron chi connectivity index (χ2n) is 4.25. The Morgan fingerprint density at radius 2 is 2.05 bits per heavy atom. The largest absolute Gasteiger partial charge is 0.494 e. The molecular weight excluding hydrogens is 268 g/mol. The maximum Gasteiger partial charge on any atom is 0.119 e. The minimum absolute atomic E-state index is 0.657. The number of pyridine rings is 1. The Kier molecular flexibility index (Phi) is 5.94. The van der Waals surface area contributed by atoms with E-state index in [1.807, 2.05) is 36.2 Å². The molecule has 0 saturated carbocycles. The standard InChI is InChI=1S/C16H16N2OS/c17-11-14-4-6-16(7-5-14)19-9-2-10-20-13-15-3-1-8-18-12-15/h1,3-8,12H,2,9-10,13H2. The van der Waals surface area contributed by atoms with Crippen LogP contribution in [0.3, 0.4) is 0 Å². The molecule has 0 N–H and O–H groups in total. The lowest BCUT2D eigenvalue weighted by molar-refractivity contribution is 0.318. The summed E-state index contributed by atoms with van der Waals surface area (Å²) in [6.07, 6.45) is 4.70. The van der Waals surface area contributed by atoms with Gasteiger partial charge in [-0.1, -0.05) is 6.07 Å². The van der Waals surface area contributed by atoms with Crippen molar-refractivity contribution in [1.29, 1.82) is 5.26 Å². The molecule has 20 heavy (non-hydrogen) atoms. The van der Waals surface area contributed by atoms with E-state index in [9.17, 15) is 0 Å². The van der Waals surface area contributed by atoms with Crippen molar-refractivity contribution in [3.05, 3.63) is 59.9 Å². The third-order valence-electron chi connectivity index (χ3n) is 2.68. The second kappa shape index (κ2) is 8.23. The zero-order chi connectivity index (χ0) is 14.0. The molecule has 0 atom stereocenters. The lowest BCUT2D eigenvalue weighted by atomic mass is 10.2. The molecule has 1 aromatic carbocycles.